The van der Waals surface area contributed by atoms with E-state index < -0.39 is 0 Å². The van der Waals surface area contributed by atoms with Gasteiger partial charge < -0.3 is 14.5 Å². The number of furan rings is 1. The summed E-state index contributed by atoms with van der Waals surface area (Å²) in [6.45, 7) is 0. The monoisotopic (exact) mass is 423 g/mol. The van der Waals surface area contributed by atoms with Gasteiger partial charge in [0.15, 0.2) is 5.76 Å². The van der Waals surface area contributed by atoms with Crippen molar-refractivity contribution in [1.82, 2.24) is 20.0 Å². The second-order valence-corrected chi connectivity index (χ2v) is 6.79. The van der Waals surface area contributed by atoms with E-state index in [1.807, 2.05) is 30.3 Å². The van der Waals surface area contributed by atoms with Crippen LogP contribution in [0.5, 0.6) is 11.6 Å². The Labute approximate surface area is 183 Å². The molecule has 3 aromatic heterocycles. The first kappa shape index (κ1) is 19.3. The molecule has 156 valence electrons. The number of anilines is 1. The van der Waals surface area contributed by atoms with Crippen molar-refractivity contribution in [3.8, 4) is 28.8 Å². The normalized spacial score (nSPS) is 10.6. The fourth-order valence-electron chi connectivity index (χ4n) is 3.15. The number of hydrogen-bond donors (Lipinski definition) is 1. The lowest BCUT2D eigenvalue weighted by Crippen LogP contribution is -2.16. The van der Waals surface area contributed by atoms with Crippen LogP contribution in [0.1, 0.15) is 10.5 Å². The molecule has 0 aliphatic rings. The Kier molecular flexibility index (Phi) is 5.15. The average Bonchev–Trinajstić information content (AvgIpc) is 3.51. The van der Waals surface area contributed by atoms with Crippen LogP contribution in [0.3, 0.4) is 0 Å². The van der Waals surface area contributed by atoms with E-state index in [9.17, 15) is 4.79 Å². The Morgan fingerprint density at radius 2 is 1.84 bits per heavy atom. The summed E-state index contributed by atoms with van der Waals surface area (Å²) in [7, 11) is 0. The second-order valence-electron chi connectivity index (χ2n) is 6.79. The van der Waals surface area contributed by atoms with Gasteiger partial charge in [0.1, 0.15) is 17.1 Å². The number of carbonyl (C=O) groups excluding carboxylic acids is 1. The zero-order chi connectivity index (χ0) is 21.8. The molecule has 2 aromatic carbocycles. The van der Waals surface area contributed by atoms with Crippen LogP contribution in [0, 0.1) is 0 Å². The molecule has 5 aromatic rings. The predicted octanol–water partition coefficient (Wildman–Crippen LogP) is 4.97. The van der Waals surface area contributed by atoms with Crippen LogP contribution in [0.25, 0.3) is 17.1 Å². The van der Waals surface area contributed by atoms with Crippen LogP contribution < -0.4 is 10.1 Å². The van der Waals surface area contributed by atoms with Crippen molar-refractivity contribution < 1.29 is 13.9 Å². The second kappa shape index (κ2) is 8.57. The molecule has 0 saturated heterocycles. The molecule has 0 spiro atoms. The Bertz CT molecular complexity index is 1330. The maximum Gasteiger partial charge on any atom is 0.274 e. The Morgan fingerprint density at radius 3 is 2.62 bits per heavy atom. The smallest absolute Gasteiger partial charge is 0.274 e. The van der Waals surface area contributed by atoms with Crippen LogP contribution in [0.15, 0.2) is 102 Å². The first-order valence-electron chi connectivity index (χ1n) is 9.82. The van der Waals surface area contributed by atoms with Gasteiger partial charge in [0.25, 0.3) is 5.91 Å². The van der Waals surface area contributed by atoms with Gasteiger partial charge in [0.2, 0.25) is 5.88 Å². The molecule has 0 aliphatic heterocycles. The number of para-hydroxylation sites is 1. The first-order valence-corrected chi connectivity index (χ1v) is 9.82. The Hall–Kier alpha value is -4.72. The topological polar surface area (TPSA) is 95.1 Å². The van der Waals surface area contributed by atoms with Crippen molar-refractivity contribution in [3.63, 3.8) is 0 Å². The van der Waals surface area contributed by atoms with Gasteiger partial charge in [-0.25, -0.2) is 4.68 Å². The molecule has 0 atom stereocenters. The quantitative estimate of drug-likeness (QED) is 0.414. The van der Waals surface area contributed by atoms with Gasteiger partial charge in [-0.05, 0) is 42.5 Å². The lowest BCUT2D eigenvalue weighted by molar-refractivity contribution is 0.101. The van der Waals surface area contributed by atoms with Gasteiger partial charge in [-0.1, -0.05) is 24.3 Å². The molecular formula is C24H17N5O3. The van der Waals surface area contributed by atoms with Crippen molar-refractivity contribution in [1.29, 1.82) is 0 Å². The molecule has 0 saturated carbocycles. The molecule has 0 bridgehead atoms. The Balaban J connectivity index is 1.44. The summed E-state index contributed by atoms with van der Waals surface area (Å²) in [6.07, 6.45) is 3.13. The van der Waals surface area contributed by atoms with Crippen LogP contribution in [0.4, 0.5) is 5.69 Å². The van der Waals surface area contributed by atoms with E-state index in [-0.39, 0.29) is 5.91 Å². The summed E-state index contributed by atoms with van der Waals surface area (Å²) in [4.78, 5) is 13.2. The summed E-state index contributed by atoms with van der Waals surface area (Å²) in [5, 5.41) is 15.2. The predicted molar refractivity (Wildman–Crippen MR) is 118 cm³/mol. The number of hydrogen-bond acceptors (Lipinski definition) is 6. The largest absolute Gasteiger partial charge is 0.463 e. The van der Waals surface area contributed by atoms with Crippen LogP contribution in [-0.4, -0.2) is 25.9 Å². The fraction of sp³-hybridized carbons (Fsp3) is 0. The minimum atomic E-state index is -0.323. The number of benzene rings is 2. The van der Waals surface area contributed by atoms with E-state index in [0.717, 1.165) is 5.69 Å². The molecule has 8 nitrogen and oxygen atoms in total. The summed E-state index contributed by atoms with van der Waals surface area (Å²) >= 11 is 0. The standard InChI is InChI=1S/C24H17N5O3/c30-24(26-17-7-4-10-19(15-17)32-23-12-5-13-25-27-23)21-16-20(22-11-6-14-31-22)28-29(21)18-8-2-1-3-9-18/h1-16H,(H,26,30). The minimum Gasteiger partial charge on any atom is -0.463 e. The third-order valence-corrected chi connectivity index (χ3v) is 4.58. The molecule has 0 aliphatic carbocycles. The molecule has 0 radical (unpaired) electrons. The summed E-state index contributed by atoms with van der Waals surface area (Å²) in [5.41, 5.74) is 2.25. The maximum atomic E-state index is 13.2. The van der Waals surface area contributed by atoms with E-state index in [2.05, 4.69) is 20.6 Å². The van der Waals surface area contributed by atoms with Crippen molar-refractivity contribution in [3.05, 3.63) is 103 Å². The number of nitrogens with one attached hydrogen (secondary N) is 1. The molecule has 1 amide bonds. The molecule has 0 fully saturated rings. The van der Waals surface area contributed by atoms with Gasteiger partial charge >= 0.3 is 0 Å². The molecular weight excluding hydrogens is 406 g/mol. The van der Waals surface area contributed by atoms with Crippen LogP contribution >= 0.6 is 0 Å². The van der Waals surface area contributed by atoms with Gasteiger partial charge in [-0.3, -0.25) is 4.79 Å². The zero-order valence-corrected chi connectivity index (χ0v) is 16.8. The van der Waals surface area contributed by atoms with Crippen LogP contribution in [0.2, 0.25) is 0 Å². The highest BCUT2D eigenvalue weighted by Gasteiger charge is 2.19. The number of ether oxygens (including phenoxy) is 1. The molecule has 5 rings (SSSR count). The Morgan fingerprint density at radius 1 is 0.938 bits per heavy atom. The van der Waals surface area contributed by atoms with Crippen molar-refractivity contribution in [2.45, 2.75) is 0 Å². The first-order chi connectivity index (χ1) is 15.8. The van der Waals surface area contributed by atoms with Crippen molar-refractivity contribution in [2.75, 3.05) is 5.32 Å². The number of rotatable bonds is 6. The van der Waals surface area contributed by atoms with Crippen molar-refractivity contribution in [2.24, 2.45) is 0 Å². The third-order valence-electron chi connectivity index (χ3n) is 4.58. The number of carbonyl (C=O) groups is 1. The lowest BCUT2D eigenvalue weighted by atomic mass is 10.2. The number of amides is 1. The summed E-state index contributed by atoms with van der Waals surface area (Å²) in [6, 6.07) is 25.2. The zero-order valence-electron chi connectivity index (χ0n) is 16.8. The fourth-order valence-corrected chi connectivity index (χ4v) is 3.15. The van der Waals surface area contributed by atoms with E-state index >= 15 is 0 Å². The number of nitrogens with zero attached hydrogens (tertiary/aromatic N) is 4. The average molecular weight is 423 g/mol. The number of aromatic nitrogens is 4. The SMILES string of the molecule is O=C(Nc1cccc(Oc2cccnn2)c1)c1cc(-c2ccco2)nn1-c1ccccc1. The summed E-state index contributed by atoms with van der Waals surface area (Å²) < 4.78 is 12.7. The maximum absolute atomic E-state index is 13.2. The van der Waals surface area contributed by atoms with Crippen LogP contribution in [-0.2, 0) is 0 Å². The molecule has 0 unspecified atom stereocenters. The van der Waals surface area contributed by atoms with E-state index in [0.29, 0.717) is 34.5 Å². The highest BCUT2D eigenvalue weighted by atomic mass is 16.5. The molecule has 32 heavy (non-hydrogen) atoms. The van der Waals surface area contributed by atoms with Crippen molar-refractivity contribution >= 4 is 11.6 Å². The lowest BCUT2D eigenvalue weighted by Gasteiger charge is -2.10. The highest BCUT2D eigenvalue weighted by Crippen LogP contribution is 2.25. The molecule has 3 heterocycles. The van der Waals surface area contributed by atoms with E-state index in [1.165, 1.54) is 0 Å². The van der Waals surface area contributed by atoms with Gasteiger partial charge in [-0.15, -0.1) is 5.10 Å². The van der Waals surface area contributed by atoms with Gasteiger partial charge in [0.05, 0.1) is 12.0 Å². The molecule has 1 N–H and O–H groups in total. The molecule has 8 heteroatoms. The third kappa shape index (κ3) is 4.10. The highest BCUT2D eigenvalue weighted by molar-refractivity contribution is 6.04. The van der Waals surface area contributed by atoms with E-state index in [4.69, 9.17) is 9.15 Å². The van der Waals surface area contributed by atoms with Gasteiger partial charge in [0, 0.05) is 30.1 Å². The minimum absolute atomic E-state index is 0.323. The summed E-state index contributed by atoms with van der Waals surface area (Å²) in [5.74, 6) is 1.14. The van der Waals surface area contributed by atoms with Gasteiger partial charge in [-0.2, -0.15) is 10.2 Å². The van der Waals surface area contributed by atoms with E-state index in [1.54, 1.807) is 71.7 Å².